The molecule has 2 heteroatoms. The second-order valence-corrected chi connectivity index (χ2v) is 15.1. The van der Waals surface area contributed by atoms with Gasteiger partial charge in [0.2, 0.25) is 6.71 Å². The van der Waals surface area contributed by atoms with E-state index in [0.29, 0.717) is 0 Å². The molecule has 0 amide bonds. The van der Waals surface area contributed by atoms with Crippen LogP contribution in [0.5, 0.6) is 0 Å². The van der Waals surface area contributed by atoms with Crippen LogP contribution >= 0.6 is 0 Å². The van der Waals surface area contributed by atoms with E-state index in [0.717, 1.165) is 21.8 Å². The number of para-hydroxylation sites is 1. The van der Waals surface area contributed by atoms with Crippen molar-refractivity contribution in [3.05, 3.63) is 179 Å². The van der Waals surface area contributed by atoms with E-state index in [1.807, 2.05) is 0 Å². The Labute approximate surface area is 313 Å². The molecule has 0 N–H and O–H groups in total. The lowest BCUT2D eigenvalue weighted by molar-refractivity contribution is 1.34. The van der Waals surface area contributed by atoms with Gasteiger partial charge in [-0.15, -0.1) is 0 Å². The normalized spacial score (nSPS) is 11.6. The smallest absolute Gasteiger partial charge is 0.243 e. The highest BCUT2D eigenvalue weighted by Crippen LogP contribution is 2.37. The van der Waals surface area contributed by atoms with Gasteiger partial charge in [-0.25, -0.2) is 4.98 Å². The molecule has 0 fully saturated rings. The Morgan fingerprint density at radius 1 is 0.396 bits per heavy atom. The van der Waals surface area contributed by atoms with Crippen LogP contribution in [0.3, 0.4) is 0 Å². The zero-order valence-corrected chi connectivity index (χ0v) is 31.4. The van der Waals surface area contributed by atoms with Crippen molar-refractivity contribution in [2.45, 2.75) is 41.5 Å². The average molecular weight is 680 g/mol. The van der Waals surface area contributed by atoms with Crippen molar-refractivity contribution in [3.63, 3.8) is 0 Å². The van der Waals surface area contributed by atoms with Gasteiger partial charge < -0.3 is 0 Å². The molecular formula is C51H42BN. The molecule has 0 bridgehead atoms. The molecule has 1 aromatic heterocycles. The summed E-state index contributed by atoms with van der Waals surface area (Å²) in [6, 6.07) is 54.0. The molecule has 1 nitrogen and oxygen atoms in total. The fraction of sp³-hybridized carbons (Fsp3) is 0.118. The van der Waals surface area contributed by atoms with Crippen molar-refractivity contribution < 1.29 is 0 Å². The second-order valence-electron chi connectivity index (χ2n) is 15.1. The van der Waals surface area contributed by atoms with Crippen LogP contribution in [0.1, 0.15) is 33.4 Å². The molecule has 254 valence electrons. The first-order valence-electron chi connectivity index (χ1n) is 18.7. The van der Waals surface area contributed by atoms with Crippen LogP contribution < -0.4 is 16.4 Å². The summed E-state index contributed by atoms with van der Waals surface area (Å²) in [7, 11) is 0. The first-order valence-corrected chi connectivity index (χ1v) is 18.7. The Morgan fingerprint density at radius 2 is 0.887 bits per heavy atom. The maximum Gasteiger partial charge on any atom is 0.243 e. The van der Waals surface area contributed by atoms with E-state index in [4.69, 9.17) is 4.98 Å². The fourth-order valence-electron chi connectivity index (χ4n) is 9.26. The number of rotatable bonds is 5. The lowest BCUT2D eigenvalue weighted by Crippen LogP contribution is -2.56. The van der Waals surface area contributed by atoms with Crippen molar-refractivity contribution in [2.24, 2.45) is 0 Å². The monoisotopic (exact) mass is 679 g/mol. The van der Waals surface area contributed by atoms with E-state index in [1.165, 1.54) is 93.6 Å². The molecule has 8 aromatic carbocycles. The molecule has 0 aliphatic carbocycles. The maximum atomic E-state index is 5.11. The summed E-state index contributed by atoms with van der Waals surface area (Å²) in [5.41, 5.74) is 19.2. The number of hydrogen-bond acceptors (Lipinski definition) is 1. The van der Waals surface area contributed by atoms with Gasteiger partial charge in [0.1, 0.15) is 0 Å². The number of aromatic nitrogens is 1. The molecule has 53 heavy (non-hydrogen) atoms. The first kappa shape index (κ1) is 32.9. The van der Waals surface area contributed by atoms with E-state index in [1.54, 1.807) is 0 Å². The van der Waals surface area contributed by atoms with E-state index < -0.39 is 0 Å². The number of aryl methyl sites for hydroxylation is 6. The molecule has 0 spiro atoms. The van der Waals surface area contributed by atoms with Crippen LogP contribution in [-0.4, -0.2) is 11.7 Å². The van der Waals surface area contributed by atoms with Crippen LogP contribution in [0, 0.1) is 41.5 Å². The van der Waals surface area contributed by atoms with Gasteiger partial charge >= 0.3 is 0 Å². The Kier molecular flexibility index (Phi) is 8.01. The minimum Gasteiger partial charge on any atom is -0.247 e. The van der Waals surface area contributed by atoms with Gasteiger partial charge in [0.15, 0.2) is 0 Å². The Hall–Kier alpha value is -5.99. The van der Waals surface area contributed by atoms with Crippen LogP contribution in [0.4, 0.5) is 0 Å². The third-order valence-corrected chi connectivity index (χ3v) is 11.4. The summed E-state index contributed by atoms with van der Waals surface area (Å²) in [4.78, 5) is 5.11. The Balaban J connectivity index is 1.20. The van der Waals surface area contributed by atoms with Gasteiger partial charge in [-0.2, -0.15) is 0 Å². The Morgan fingerprint density at radius 3 is 1.49 bits per heavy atom. The SMILES string of the molecule is Cc1cc(C)c(B(c2c(C)cc(C)cc2C)c2ccc(-c3ccc(-c4cc5cc6ccccc6nc5c5ccccc45)cc3)c3ccccc23)c(C)c1. The van der Waals surface area contributed by atoms with Gasteiger partial charge in [-0.1, -0.05) is 177 Å². The zero-order chi connectivity index (χ0) is 36.4. The van der Waals surface area contributed by atoms with E-state index in [2.05, 4.69) is 187 Å². The van der Waals surface area contributed by atoms with Crippen LogP contribution in [0.15, 0.2) is 146 Å². The molecule has 1 heterocycles. The van der Waals surface area contributed by atoms with E-state index in [-0.39, 0.29) is 6.71 Å². The second kappa shape index (κ2) is 12.9. The van der Waals surface area contributed by atoms with Gasteiger partial charge in [-0.3, -0.25) is 0 Å². The third-order valence-electron chi connectivity index (χ3n) is 11.4. The van der Waals surface area contributed by atoms with Crippen molar-refractivity contribution in [1.82, 2.24) is 4.98 Å². The van der Waals surface area contributed by atoms with Gasteiger partial charge in [-0.05, 0) is 98.2 Å². The van der Waals surface area contributed by atoms with Gasteiger partial charge in [0, 0.05) is 16.2 Å². The first-order chi connectivity index (χ1) is 25.7. The van der Waals surface area contributed by atoms with Gasteiger partial charge in [0.25, 0.3) is 0 Å². The van der Waals surface area contributed by atoms with Crippen molar-refractivity contribution in [2.75, 3.05) is 0 Å². The lowest BCUT2D eigenvalue weighted by atomic mass is 9.33. The molecule has 0 aliphatic heterocycles. The molecule has 0 radical (unpaired) electrons. The zero-order valence-electron chi connectivity index (χ0n) is 31.4. The average Bonchev–Trinajstić information content (AvgIpc) is 3.15. The Bertz CT molecular complexity index is 2800. The number of benzene rings is 8. The molecule has 0 aliphatic rings. The van der Waals surface area contributed by atoms with Crippen molar-refractivity contribution in [1.29, 1.82) is 0 Å². The quantitative estimate of drug-likeness (QED) is 0.100. The highest BCUT2D eigenvalue weighted by Gasteiger charge is 2.30. The van der Waals surface area contributed by atoms with Crippen LogP contribution in [-0.2, 0) is 0 Å². The summed E-state index contributed by atoms with van der Waals surface area (Å²) in [6.45, 7) is 13.7. The molecule has 0 unspecified atom stereocenters. The predicted octanol–water partition coefficient (Wildman–Crippen LogP) is 11.4. The lowest BCUT2D eigenvalue weighted by Gasteiger charge is -2.26. The number of pyridine rings is 1. The van der Waals surface area contributed by atoms with Crippen molar-refractivity contribution in [3.8, 4) is 22.3 Å². The van der Waals surface area contributed by atoms with Crippen LogP contribution in [0.25, 0.3) is 65.6 Å². The largest absolute Gasteiger partial charge is 0.247 e. The standard InChI is InChI=1S/C51H42BN/c1-31-25-33(3)49(34(4)26-31)52(50-35(5)27-32(2)28-36(50)6)47-24-23-41(42-14-8-10-16-44(42)47)37-19-21-38(22-20-37)46-30-40-29-39-13-7-12-18-48(39)53-51(40)45-17-11-9-15-43(45)46/h7-30H,1-6H3. The summed E-state index contributed by atoms with van der Waals surface area (Å²) in [5.74, 6) is 0. The number of hydrogen-bond donors (Lipinski definition) is 0. The minimum atomic E-state index is 0.116. The maximum absolute atomic E-state index is 5.11. The third kappa shape index (κ3) is 5.61. The molecule has 9 rings (SSSR count). The fourth-order valence-corrected chi connectivity index (χ4v) is 9.26. The molecule has 9 aromatic rings. The summed E-state index contributed by atoms with van der Waals surface area (Å²) < 4.78 is 0. The highest BCUT2D eigenvalue weighted by molar-refractivity contribution is 6.98. The molecule has 0 saturated carbocycles. The summed E-state index contributed by atoms with van der Waals surface area (Å²) >= 11 is 0. The molecule has 0 saturated heterocycles. The number of nitrogens with zero attached hydrogens (tertiary/aromatic N) is 1. The molecule has 0 atom stereocenters. The summed E-state index contributed by atoms with van der Waals surface area (Å²) in [6.07, 6.45) is 0. The topological polar surface area (TPSA) is 12.9 Å². The highest BCUT2D eigenvalue weighted by atomic mass is 14.7. The van der Waals surface area contributed by atoms with Crippen molar-refractivity contribution >= 4 is 66.5 Å². The van der Waals surface area contributed by atoms with E-state index >= 15 is 0 Å². The minimum absolute atomic E-state index is 0.116. The van der Waals surface area contributed by atoms with Gasteiger partial charge in [0.05, 0.1) is 11.0 Å². The van der Waals surface area contributed by atoms with Crippen LogP contribution in [0.2, 0.25) is 0 Å². The number of fused-ring (bicyclic) bond motifs is 5. The molecular weight excluding hydrogens is 637 g/mol. The predicted molar refractivity (Wildman–Crippen MR) is 231 cm³/mol. The van der Waals surface area contributed by atoms with E-state index in [9.17, 15) is 0 Å². The summed E-state index contributed by atoms with van der Waals surface area (Å²) in [5, 5.41) is 7.31.